The van der Waals surface area contributed by atoms with Gasteiger partial charge >= 0.3 is 12.3 Å². The number of benzene rings is 1. The van der Waals surface area contributed by atoms with E-state index in [0.717, 1.165) is 0 Å². The lowest BCUT2D eigenvalue weighted by Crippen LogP contribution is -2.38. The Bertz CT molecular complexity index is 481. The molecule has 0 aromatic heterocycles. The number of halogens is 3. The maximum absolute atomic E-state index is 12.2. The number of esters is 1. The molecule has 0 spiro atoms. The minimum atomic E-state index is -4.77. The number of para-hydroxylation sites is 2. The van der Waals surface area contributed by atoms with Crippen LogP contribution in [-0.2, 0) is 9.53 Å². The van der Waals surface area contributed by atoms with E-state index in [4.69, 9.17) is 4.74 Å². The lowest BCUT2D eigenvalue weighted by Gasteiger charge is -2.33. The molecular formula is C13H13F3O4. The molecule has 4 nitrogen and oxygen atoms in total. The van der Waals surface area contributed by atoms with Gasteiger partial charge in [0.1, 0.15) is 6.10 Å². The van der Waals surface area contributed by atoms with Crippen molar-refractivity contribution in [3.8, 4) is 11.5 Å². The van der Waals surface area contributed by atoms with Gasteiger partial charge in [-0.25, -0.2) is 0 Å². The van der Waals surface area contributed by atoms with Crippen LogP contribution in [-0.4, -0.2) is 25.5 Å². The van der Waals surface area contributed by atoms with E-state index in [9.17, 15) is 18.0 Å². The summed E-state index contributed by atoms with van der Waals surface area (Å²) in [5, 5.41) is 0. The number of hydrogen-bond acceptors (Lipinski definition) is 4. The second kappa shape index (κ2) is 5.60. The van der Waals surface area contributed by atoms with Crippen molar-refractivity contribution < 1.29 is 32.2 Å². The van der Waals surface area contributed by atoms with Crippen molar-refractivity contribution in [3.05, 3.63) is 24.3 Å². The molecule has 1 saturated carbocycles. The predicted octanol–water partition coefficient (Wildman–Crippen LogP) is 2.92. The molecule has 0 unspecified atom stereocenters. The number of hydrogen-bond donors (Lipinski definition) is 0. The second-order valence-corrected chi connectivity index (χ2v) is 4.43. The normalized spacial score (nSPS) is 21.8. The van der Waals surface area contributed by atoms with E-state index in [1.165, 1.54) is 25.3 Å². The van der Waals surface area contributed by atoms with Crippen LogP contribution in [0.25, 0.3) is 0 Å². The van der Waals surface area contributed by atoms with Crippen molar-refractivity contribution in [2.24, 2.45) is 5.92 Å². The fourth-order valence-electron chi connectivity index (χ4n) is 1.96. The molecule has 0 atom stereocenters. The molecule has 1 fully saturated rings. The van der Waals surface area contributed by atoms with Crippen LogP contribution in [0.4, 0.5) is 13.2 Å². The van der Waals surface area contributed by atoms with Gasteiger partial charge in [0.25, 0.3) is 0 Å². The molecule has 2 rings (SSSR count). The molecule has 0 bridgehead atoms. The van der Waals surface area contributed by atoms with Crippen molar-refractivity contribution in [1.29, 1.82) is 0 Å². The summed E-state index contributed by atoms with van der Waals surface area (Å²) in [7, 11) is 1.29. The molecular weight excluding hydrogens is 277 g/mol. The molecule has 1 aromatic carbocycles. The highest BCUT2D eigenvalue weighted by Gasteiger charge is 2.38. The van der Waals surface area contributed by atoms with Crippen molar-refractivity contribution in [1.82, 2.24) is 0 Å². The van der Waals surface area contributed by atoms with E-state index < -0.39 is 6.36 Å². The van der Waals surface area contributed by atoms with Gasteiger partial charge in [0, 0.05) is 0 Å². The number of ether oxygens (including phenoxy) is 3. The lowest BCUT2D eigenvalue weighted by atomic mass is 9.82. The third kappa shape index (κ3) is 3.55. The quantitative estimate of drug-likeness (QED) is 0.800. The van der Waals surface area contributed by atoms with E-state index >= 15 is 0 Å². The largest absolute Gasteiger partial charge is 0.573 e. The molecule has 7 heteroatoms. The molecule has 0 amide bonds. The highest BCUT2D eigenvalue weighted by atomic mass is 19.4. The maximum atomic E-state index is 12.2. The summed E-state index contributed by atoms with van der Waals surface area (Å²) in [6.07, 6.45) is -4.23. The zero-order valence-corrected chi connectivity index (χ0v) is 10.6. The first-order valence-corrected chi connectivity index (χ1v) is 5.98. The fourth-order valence-corrected chi connectivity index (χ4v) is 1.96. The summed E-state index contributed by atoms with van der Waals surface area (Å²) < 4.78 is 50.6. The summed E-state index contributed by atoms with van der Waals surface area (Å²) in [6.45, 7) is 0. The predicted molar refractivity (Wildman–Crippen MR) is 62.3 cm³/mol. The molecule has 0 N–H and O–H groups in total. The summed E-state index contributed by atoms with van der Waals surface area (Å²) in [6, 6.07) is 5.55. The molecule has 0 aliphatic heterocycles. The number of carbonyl (C=O) groups excluding carboxylic acids is 1. The average Bonchev–Trinajstić information content (AvgIpc) is 2.32. The maximum Gasteiger partial charge on any atom is 0.573 e. The first kappa shape index (κ1) is 14.5. The number of methoxy groups -OCH3 is 1. The van der Waals surface area contributed by atoms with Crippen LogP contribution in [0.1, 0.15) is 12.8 Å². The van der Waals surface area contributed by atoms with Crippen LogP contribution in [0.15, 0.2) is 24.3 Å². The fraction of sp³-hybridized carbons (Fsp3) is 0.462. The Morgan fingerprint density at radius 1 is 1.20 bits per heavy atom. The van der Waals surface area contributed by atoms with Crippen LogP contribution in [0.3, 0.4) is 0 Å². The van der Waals surface area contributed by atoms with E-state index in [0.29, 0.717) is 12.8 Å². The summed E-state index contributed by atoms with van der Waals surface area (Å²) in [5.74, 6) is -0.954. The van der Waals surface area contributed by atoms with Gasteiger partial charge in [0.05, 0.1) is 13.0 Å². The van der Waals surface area contributed by atoms with E-state index in [2.05, 4.69) is 9.47 Å². The van der Waals surface area contributed by atoms with Crippen LogP contribution >= 0.6 is 0 Å². The van der Waals surface area contributed by atoms with Gasteiger partial charge in [-0.1, -0.05) is 12.1 Å². The zero-order chi connectivity index (χ0) is 14.8. The first-order valence-electron chi connectivity index (χ1n) is 5.98. The van der Waals surface area contributed by atoms with Crippen molar-refractivity contribution in [2.45, 2.75) is 25.3 Å². The smallest absolute Gasteiger partial charge is 0.486 e. The molecule has 0 heterocycles. The SMILES string of the molecule is COC(=O)[C@H]1C[C@H](Oc2ccccc2OC(F)(F)F)C1. The Labute approximate surface area is 113 Å². The summed E-state index contributed by atoms with van der Waals surface area (Å²) in [5.41, 5.74) is 0. The minimum absolute atomic E-state index is 0.0122. The Balaban J connectivity index is 1.96. The van der Waals surface area contributed by atoms with Crippen LogP contribution in [0.2, 0.25) is 0 Å². The minimum Gasteiger partial charge on any atom is -0.486 e. The van der Waals surface area contributed by atoms with Gasteiger partial charge in [-0.2, -0.15) is 0 Å². The zero-order valence-electron chi connectivity index (χ0n) is 10.6. The molecule has 20 heavy (non-hydrogen) atoms. The average molecular weight is 290 g/mol. The molecule has 1 aromatic rings. The molecule has 0 radical (unpaired) electrons. The third-order valence-electron chi connectivity index (χ3n) is 3.00. The Morgan fingerprint density at radius 2 is 1.80 bits per heavy atom. The van der Waals surface area contributed by atoms with Gasteiger partial charge in [0.2, 0.25) is 0 Å². The highest BCUT2D eigenvalue weighted by Crippen LogP contribution is 2.37. The highest BCUT2D eigenvalue weighted by molar-refractivity contribution is 5.73. The first-order chi connectivity index (χ1) is 9.39. The summed E-state index contributed by atoms with van der Waals surface area (Å²) in [4.78, 5) is 11.2. The third-order valence-corrected chi connectivity index (χ3v) is 3.00. The van der Waals surface area contributed by atoms with Crippen LogP contribution in [0.5, 0.6) is 11.5 Å². The molecule has 0 saturated heterocycles. The Hall–Kier alpha value is -1.92. The Morgan fingerprint density at radius 3 is 2.35 bits per heavy atom. The van der Waals surface area contributed by atoms with Gasteiger partial charge in [-0.05, 0) is 25.0 Å². The lowest BCUT2D eigenvalue weighted by molar-refractivity contribution is -0.275. The topological polar surface area (TPSA) is 44.8 Å². The van der Waals surface area contributed by atoms with E-state index in [-0.39, 0.29) is 29.5 Å². The molecule has 1 aliphatic rings. The Kier molecular flexibility index (Phi) is 4.06. The standard InChI is InChI=1S/C13H13F3O4/c1-18-12(17)8-6-9(7-8)19-10-4-2-3-5-11(10)20-13(14,15)16/h2-5,8-9H,6-7H2,1H3/t8-,9-. The van der Waals surface area contributed by atoms with Gasteiger partial charge in [-0.15, -0.1) is 13.2 Å². The van der Waals surface area contributed by atoms with Crippen LogP contribution < -0.4 is 9.47 Å². The van der Waals surface area contributed by atoms with Gasteiger partial charge < -0.3 is 14.2 Å². The number of carbonyl (C=O) groups is 1. The number of alkyl halides is 3. The second-order valence-electron chi connectivity index (χ2n) is 4.43. The van der Waals surface area contributed by atoms with E-state index in [1.54, 1.807) is 6.07 Å². The van der Waals surface area contributed by atoms with Gasteiger partial charge in [-0.3, -0.25) is 4.79 Å². The van der Waals surface area contributed by atoms with Crippen molar-refractivity contribution in [3.63, 3.8) is 0 Å². The van der Waals surface area contributed by atoms with E-state index in [1.807, 2.05) is 0 Å². The summed E-state index contributed by atoms with van der Waals surface area (Å²) >= 11 is 0. The number of rotatable bonds is 4. The van der Waals surface area contributed by atoms with Crippen LogP contribution in [0, 0.1) is 5.92 Å². The van der Waals surface area contributed by atoms with Crippen molar-refractivity contribution in [2.75, 3.05) is 7.11 Å². The van der Waals surface area contributed by atoms with Gasteiger partial charge in [0.15, 0.2) is 11.5 Å². The van der Waals surface area contributed by atoms with Crippen molar-refractivity contribution >= 4 is 5.97 Å². The monoisotopic (exact) mass is 290 g/mol. The molecule has 110 valence electrons. The molecule has 1 aliphatic carbocycles.